The second-order valence-electron chi connectivity index (χ2n) is 5.85. The van der Waals surface area contributed by atoms with Gasteiger partial charge in [0.2, 0.25) is 0 Å². The Balaban J connectivity index is 2.32. The van der Waals surface area contributed by atoms with Gasteiger partial charge in [0.25, 0.3) is 0 Å². The Morgan fingerprint density at radius 2 is 1.90 bits per heavy atom. The van der Waals surface area contributed by atoms with Crippen molar-refractivity contribution in [3.63, 3.8) is 0 Å². The number of carboxylic acid groups (broad SMARTS) is 1. The zero-order chi connectivity index (χ0) is 14.9. The van der Waals surface area contributed by atoms with Crippen LogP contribution in [0.2, 0.25) is 0 Å². The molecule has 0 aliphatic rings. The minimum atomic E-state index is -0.841. The first-order valence-electron chi connectivity index (χ1n) is 6.44. The monoisotopic (exact) mass is 273 g/mol. The van der Waals surface area contributed by atoms with Gasteiger partial charge in [-0.25, -0.2) is 4.68 Å². The van der Waals surface area contributed by atoms with Gasteiger partial charge in [-0.1, -0.05) is 32.9 Å². The summed E-state index contributed by atoms with van der Waals surface area (Å²) in [4.78, 5) is 10.7. The number of anilines is 1. The van der Waals surface area contributed by atoms with E-state index in [4.69, 9.17) is 10.8 Å². The highest BCUT2D eigenvalue weighted by Crippen LogP contribution is 2.24. The topological polar surface area (TPSA) is 81.1 Å². The number of nitrogen functional groups attached to an aromatic ring is 1. The van der Waals surface area contributed by atoms with E-state index in [0.717, 1.165) is 16.9 Å². The Bertz CT molecular complexity index is 622. The lowest BCUT2D eigenvalue weighted by atomic mass is 9.92. The molecule has 0 saturated heterocycles. The van der Waals surface area contributed by atoms with Crippen molar-refractivity contribution < 1.29 is 9.90 Å². The van der Waals surface area contributed by atoms with Crippen molar-refractivity contribution in [1.29, 1.82) is 0 Å². The molecule has 2 rings (SSSR count). The fourth-order valence-corrected chi connectivity index (χ4v) is 1.90. The summed E-state index contributed by atoms with van der Waals surface area (Å²) in [6.07, 6.45) is 0.0160. The molecular formula is C15H19N3O2. The van der Waals surface area contributed by atoms with Crippen molar-refractivity contribution in [2.45, 2.75) is 32.6 Å². The fourth-order valence-electron chi connectivity index (χ4n) is 1.90. The minimum absolute atomic E-state index is 0.0160. The largest absolute Gasteiger partial charge is 0.481 e. The lowest BCUT2D eigenvalue weighted by Gasteiger charge is -2.14. The van der Waals surface area contributed by atoms with E-state index in [0.29, 0.717) is 5.82 Å². The van der Waals surface area contributed by atoms with E-state index in [1.54, 1.807) is 16.8 Å². The predicted octanol–water partition coefficient (Wildman–Crippen LogP) is 2.38. The van der Waals surface area contributed by atoms with Crippen LogP contribution in [0.5, 0.6) is 0 Å². The average Bonchev–Trinajstić information content (AvgIpc) is 2.71. The van der Waals surface area contributed by atoms with Crippen LogP contribution in [0.15, 0.2) is 30.3 Å². The second-order valence-corrected chi connectivity index (χ2v) is 5.85. The fraction of sp³-hybridized carbons (Fsp3) is 0.333. The first kappa shape index (κ1) is 14.1. The number of rotatable bonds is 3. The highest BCUT2D eigenvalue weighted by Gasteiger charge is 2.19. The standard InChI is InChI=1S/C15H19N3O2/c1-15(2,3)12-9-13(16)18(17-12)11-6-4-10(5-7-11)8-14(19)20/h4-7,9H,8,16H2,1-3H3,(H,19,20). The number of nitrogens with two attached hydrogens (primary N) is 1. The molecule has 2 aromatic rings. The molecule has 0 aliphatic heterocycles. The molecule has 1 heterocycles. The Morgan fingerprint density at radius 1 is 1.30 bits per heavy atom. The van der Waals surface area contributed by atoms with Crippen LogP contribution in [0.1, 0.15) is 32.0 Å². The van der Waals surface area contributed by atoms with Crippen LogP contribution < -0.4 is 5.73 Å². The molecule has 0 unspecified atom stereocenters. The van der Waals surface area contributed by atoms with Crippen molar-refractivity contribution >= 4 is 11.8 Å². The van der Waals surface area contributed by atoms with E-state index >= 15 is 0 Å². The summed E-state index contributed by atoms with van der Waals surface area (Å²) in [5.74, 6) is -0.271. The molecule has 0 spiro atoms. The third-order valence-corrected chi connectivity index (χ3v) is 3.04. The van der Waals surface area contributed by atoms with Gasteiger partial charge in [-0.3, -0.25) is 4.79 Å². The smallest absolute Gasteiger partial charge is 0.307 e. The van der Waals surface area contributed by atoms with E-state index in [2.05, 4.69) is 25.9 Å². The van der Waals surface area contributed by atoms with Crippen LogP contribution in [0.4, 0.5) is 5.82 Å². The molecule has 0 aliphatic carbocycles. The molecule has 0 fully saturated rings. The van der Waals surface area contributed by atoms with Gasteiger partial charge in [0.05, 0.1) is 17.8 Å². The number of carboxylic acids is 1. The number of aromatic nitrogens is 2. The zero-order valence-electron chi connectivity index (χ0n) is 11.9. The minimum Gasteiger partial charge on any atom is -0.481 e. The van der Waals surface area contributed by atoms with Crippen LogP contribution in [-0.4, -0.2) is 20.9 Å². The molecule has 0 atom stereocenters. The number of benzene rings is 1. The average molecular weight is 273 g/mol. The molecule has 1 aromatic heterocycles. The zero-order valence-corrected chi connectivity index (χ0v) is 11.9. The molecule has 3 N–H and O–H groups in total. The van der Waals surface area contributed by atoms with E-state index in [1.165, 1.54) is 0 Å². The van der Waals surface area contributed by atoms with Crippen LogP contribution in [0, 0.1) is 0 Å². The van der Waals surface area contributed by atoms with Crippen molar-refractivity contribution in [2.75, 3.05) is 5.73 Å². The summed E-state index contributed by atoms with van der Waals surface area (Å²) >= 11 is 0. The Hall–Kier alpha value is -2.30. The third-order valence-electron chi connectivity index (χ3n) is 3.04. The maximum atomic E-state index is 10.7. The van der Waals surface area contributed by atoms with Crippen molar-refractivity contribution in [3.8, 4) is 5.69 Å². The summed E-state index contributed by atoms with van der Waals surface area (Å²) in [5, 5.41) is 13.3. The summed E-state index contributed by atoms with van der Waals surface area (Å²) in [6, 6.07) is 9.08. The van der Waals surface area contributed by atoms with Gasteiger partial charge in [-0.15, -0.1) is 0 Å². The van der Waals surface area contributed by atoms with Crippen LogP contribution in [0.25, 0.3) is 5.69 Å². The Morgan fingerprint density at radius 3 is 2.35 bits per heavy atom. The van der Waals surface area contributed by atoms with Gasteiger partial charge >= 0.3 is 5.97 Å². The summed E-state index contributed by atoms with van der Waals surface area (Å²) in [7, 11) is 0. The number of aliphatic carboxylic acids is 1. The Labute approximate surface area is 118 Å². The Kier molecular flexibility index (Phi) is 3.53. The van der Waals surface area contributed by atoms with E-state index in [1.807, 2.05) is 18.2 Å². The van der Waals surface area contributed by atoms with Gasteiger partial charge in [0.15, 0.2) is 0 Å². The molecule has 0 bridgehead atoms. The van der Waals surface area contributed by atoms with Crippen molar-refractivity contribution in [2.24, 2.45) is 0 Å². The van der Waals surface area contributed by atoms with E-state index in [9.17, 15) is 4.79 Å². The lowest BCUT2D eigenvalue weighted by Crippen LogP contribution is -2.12. The number of nitrogens with zero attached hydrogens (tertiary/aromatic N) is 2. The molecule has 5 nitrogen and oxygen atoms in total. The quantitative estimate of drug-likeness (QED) is 0.899. The number of carbonyl (C=O) groups is 1. The van der Waals surface area contributed by atoms with Gasteiger partial charge < -0.3 is 10.8 Å². The van der Waals surface area contributed by atoms with Gasteiger partial charge in [-0.05, 0) is 17.7 Å². The van der Waals surface area contributed by atoms with Crippen LogP contribution >= 0.6 is 0 Å². The van der Waals surface area contributed by atoms with Crippen molar-refractivity contribution in [1.82, 2.24) is 9.78 Å². The maximum Gasteiger partial charge on any atom is 0.307 e. The number of hydrogen-bond donors (Lipinski definition) is 2. The second kappa shape index (κ2) is 5.00. The van der Waals surface area contributed by atoms with Gasteiger partial charge in [0.1, 0.15) is 5.82 Å². The van der Waals surface area contributed by atoms with Crippen LogP contribution in [-0.2, 0) is 16.6 Å². The first-order chi connectivity index (χ1) is 9.27. The molecular weight excluding hydrogens is 254 g/mol. The van der Waals surface area contributed by atoms with Gasteiger partial charge in [-0.2, -0.15) is 5.10 Å². The lowest BCUT2D eigenvalue weighted by molar-refractivity contribution is -0.136. The molecule has 5 heteroatoms. The molecule has 106 valence electrons. The highest BCUT2D eigenvalue weighted by atomic mass is 16.4. The third kappa shape index (κ3) is 2.99. The molecule has 20 heavy (non-hydrogen) atoms. The highest BCUT2D eigenvalue weighted by molar-refractivity contribution is 5.70. The number of hydrogen-bond acceptors (Lipinski definition) is 3. The van der Waals surface area contributed by atoms with E-state index in [-0.39, 0.29) is 11.8 Å². The maximum absolute atomic E-state index is 10.7. The normalized spacial score (nSPS) is 11.6. The predicted molar refractivity (Wildman–Crippen MR) is 78.0 cm³/mol. The molecule has 0 amide bonds. The first-order valence-corrected chi connectivity index (χ1v) is 6.44. The SMILES string of the molecule is CC(C)(C)c1cc(N)n(-c2ccc(CC(=O)O)cc2)n1. The molecule has 1 aromatic carbocycles. The van der Waals surface area contributed by atoms with Crippen LogP contribution in [0.3, 0.4) is 0 Å². The summed E-state index contributed by atoms with van der Waals surface area (Å²) in [5.41, 5.74) is 8.43. The van der Waals surface area contributed by atoms with Crippen molar-refractivity contribution in [3.05, 3.63) is 41.6 Å². The molecule has 0 saturated carbocycles. The summed E-state index contributed by atoms with van der Waals surface area (Å²) in [6.45, 7) is 6.24. The van der Waals surface area contributed by atoms with Gasteiger partial charge in [0, 0.05) is 11.5 Å². The van der Waals surface area contributed by atoms with E-state index < -0.39 is 5.97 Å². The molecule has 0 radical (unpaired) electrons. The summed E-state index contributed by atoms with van der Waals surface area (Å²) < 4.78 is 1.67.